The number of carbonyl (C=O) groups excluding carboxylic acids is 4. The number of hydrogen-bond acceptors (Lipinski definition) is 5. The van der Waals surface area contributed by atoms with Crippen molar-refractivity contribution in [2.75, 3.05) is 6.54 Å². The minimum absolute atomic E-state index is 0.0545. The number of Topliss-reactive ketones (excluding diaryl/α,β-unsaturated/α-hetero) is 2. The molecule has 2 amide bonds. The Kier molecular flexibility index (Phi) is 6.42. The van der Waals surface area contributed by atoms with Crippen molar-refractivity contribution in [1.29, 1.82) is 0 Å². The van der Waals surface area contributed by atoms with Gasteiger partial charge in [0.2, 0.25) is 5.78 Å². The number of rotatable bonds is 9. The molecule has 116 valence electrons. The molecule has 6 heteroatoms. The minimum Gasteiger partial charge on any atom is -0.321 e. The first-order chi connectivity index (χ1) is 9.84. The van der Waals surface area contributed by atoms with Gasteiger partial charge in [0, 0.05) is 25.1 Å². The van der Waals surface area contributed by atoms with Crippen molar-refractivity contribution in [2.24, 2.45) is 11.7 Å². The van der Waals surface area contributed by atoms with Crippen LogP contribution in [0.25, 0.3) is 0 Å². The fourth-order valence-corrected chi connectivity index (χ4v) is 2.00. The second kappa shape index (κ2) is 7.83. The highest BCUT2D eigenvalue weighted by atomic mass is 16.2. The van der Waals surface area contributed by atoms with Crippen LogP contribution in [0.4, 0.5) is 0 Å². The van der Waals surface area contributed by atoms with Crippen LogP contribution in [0.5, 0.6) is 0 Å². The van der Waals surface area contributed by atoms with E-state index >= 15 is 0 Å². The van der Waals surface area contributed by atoms with Crippen molar-refractivity contribution in [3.05, 3.63) is 12.2 Å². The average molecular weight is 294 g/mol. The number of imide groups is 1. The zero-order valence-corrected chi connectivity index (χ0v) is 12.5. The molecule has 21 heavy (non-hydrogen) atoms. The lowest BCUT2D eigenvalue weighted by Crippen LogP contribution is -2.40. The predicted octanol–water partition coefficient (Wildman–Crippen LogP) is 0.593. The van der Waals surface area contributed by atoms with Gasteiger partial charge in [-0.1, -0.05) is 20.3 Å². The van der Waals surface area contributed by atoms with Gasteiger partial charge in [-0.2, -0.15) is 0 Å². The van der Waals surface area contributed by atoms with E-state index in [4.69, 9.17) is 5.73 Å². The second-order valence-electron chi connectivity index (χ2n) is 5.53. The molecule has 0 saturated carbocycles. The van der Waals surface area contributed by atoms with Crippen molar-refractivity contribution in [2.45, 2.75) is 45.6 Å². The van der Waals surface area contributed by atoms with E-state index in [9.17, 15) is 19.2 Å². The van der Waals surface area contributed by atoms with Gasteiger partial charge in [-0.25, -0.2) is 0 Å². The maximum atomic E-state index is 11.7. The van der Waals surface area contributed by atoms with Crippen molar-refractivity contribution in [1.82, 2.24) is 4.90 Å². The Balaban J connectivity index is 2.20. The van der Waals surface area contributed by atoms with Gasteiger partial charge in [0.25, 0.3) is 11.8 Å². The molecule has 1 aliphatic heterocycles. The van der Waals surface area contributed by atoms with Crippen LogP contribution in [-0.4, -0.2) is 40.9 Å². The third kappa shape index (κ3) is 4.90. The first kappa shape index (κ1) is 17.2. The van der Waals surface area contributed by atoms with Gasteiger partial charge in [-0.15, -0.1) is 0 Å². The maximum absolute atomic E-state index is 11.7. The molecular formula is C15H22N2O4. The molecule has 1 aliphatic rings. The standard InChI is InChI=1S/C15H22N2O4/c1-10(2)14(16)15(21)11(18)6-4-3-5-9-17-12(19)7-8-13(17)20/h7-8,10,14H,3-6,9,16H2,1-2H3/t14-/m0/s1. The van der Waals surface area contributed by atoms with Crippen LogP contribution >= 0.6 is 0 Å². The number of unbranched alkanes of at least 4 members (excludes halogenated alkanes) is 2. The van der Waals surface area contributed by atoms with Crippen molar-refractivity contribution < 1.29 is 19.2 Å². The van der Waals surface area contributed by atoms with Crippen molar-refractivity contribution in [3.63, 3.8) is 0 Å². The summed E-state index contributed by atoms with van der Waals surface area (Å²) in [6.45, 7) is 3.94. The lowest BCUT2D eigenvalue weighted by Gasteiger charge is -2.14. The summed E-state index contributed by atoms with van der Waals surface area (Å²) in [5.74, 6) is -1.60. The molecule has 2 N–H and O–H groups in total. The van der Waals surface area contributed by atoms with Crippen LogP contribution in [0.3, 0.4) is 0 Å². The summed E-state index contributed by atoms with van der Waals surface area (Å²) in [6, 6.07) is -0.733. The zero-order valence-electron chi connectivity index (χ0n) is 12.5. The molecule has 0 spiro atoms. The average Bonchev–Trinajstić information content (AvgIpc) is 2.76. The maximum Gasteiger partial charge on any atom is 0.253 e. The van der Waals surface area contributed by atoms with E-state index in [1.807, 2.05) is 0 Å². The normalized spacial score (nSPS) is 15.9. The molecule has 0 bridgehead atoms. The minimum atomic E-state index is -0.733. The predicted molar refractivity (Wildman–Crippen MR) is 77.2 cm³/mol. The third-order valence-corrected chi connectivity index (χ3v) is 3.48. The van der Waals surface area contributed by atoms with Crippen LogP contribution < -0.4 is 5.73 Å². The van der Waals surface area contributed by atoms with Gasteiger partial charge in [0.05, 0.1) is 6.04 Å². The first-order valence-corrected chi connectivity index (χ1v) is 7.20. The molecule has 0 aromatic heterocycles. The highest BCUT2D eigenvalue weighted by Crippen LogP contribution is 2.09. The summed E-state index contributed by atoms with van der Waals surface area (Å²) in [4.78, 5) is 47.1. The van der Waals surface area contributed by atoms with E-state index in [0.717, 1.165) is 0 Å². The summed E-state index contributed by atoms with van der Waals surface area (Å²) < 4.78 is 0. The summed E-state index contributed by atoms with van der Waals surface area (Å²) in [5.41, 5.74) is 5.65. The number of nitrogens with zero attached hydrogens (tertiary/aromatic N) is 1. The molecule has 6 nitrogen and oxygen atoms in total. The summed E-state index contributed by atoms with van der Waals surface area (Å²) >= 11 is 0. The van der Waals surface area contributed by atoms with Gasteiger partial charge in [-0.3, -0.25) is 24.1 Å². The third-order valence-electron chi connectivity index (χ3n) is 3.48. The number of nitrogens with two attached hydrogens (primary N) is 1. The number of hydrogen-bond donors (Lipinski definition) is 1. The molecule has 0 radical (unpaired) electrons. The SMILES string of the molecule is CC(C)[C@H](N)C(=O)C(=O)CCCCCN1C(=O)C=CC1=O. The lowest BCUT2D eigenvalue weighted by atomic mass is 9.96. The number of ketones is 2. The van der Waals surface area contributed by atoms with E-state index in [1.165, 1.54) is 17.1 Å². The molecule has 0 unspecified atom stereocenters. The smallest absolute Gasteiger partial charge is 0.253 e. The Labute approximate surface area is 124 Å². The van der Waals surface area contributed by atoms with Crippen LogP contribution in [0.2, 0.25) is 0 Å². The van der Waals surface area contributed by atoms with Crippen LogP contribution in [-0.2, 0) is 19.2 Å². The monoisotopic (exact) mass is 294 g/mol. The summed E-state index contributed by atoms with van der Waals surface area (Å²) in [6.07, 6.45) is 4.51. The van der Waals surface area contributed by atoms with E-state index in [0.29, 0.717) is 25.8 Å². The summed E-state index contributed by atoms with van der Waals surface area (Å²) in [5, 5.41) is 0. The Morgan fingerprint density at radius 2 is 1.67 bits per heavy atom. The molecule has 0 aromatic rings. The van der Waals surface area contributed by atoms with Crippen molar-refractivity contribution >= 4 is 23.4 Å². The Morgan fingerprint density at radius 3 is 2.19 bits per heavy atom. The van der Waals surface area contributed by atoms with Gasteiger partial charge in [-0.05, 0) is 18.8 Å². The molecular weight excluding hydrogens is 272 g/mol. The molecule has 1 atom stereocenters. The molecule has 0 fully saturated rings. The number of amides is 2. The highest BCUT2D eigenvalue weighted by Gasteiger charge is 2.24. The number of carbonyl (C=O) groups is 4. The van der Waals surface area contributed by atoms with Gasteiger partial charge in [0.15, 0.2) is 5.78 Å². The quantitative estimate of drug-likeness (QED) is 0.381. The van der Waals surface area contributed by atoms with Gasteiger partial charge >= 0.3 is 0 Å². The molecule has 0 aliphatic carbocycles. The van der Waals surface area contributed by atoms with Crippen LogP contribution in [0.15, 0.2) is 12.2 Å². The van der Waals surface area contributed by atoms with Gasteiger partial charge in [0.1, 0.15) is 0 Å². The van der Waals surface area contributed by atoms with E-state index < -0.39 is 17.6 Å². The lowest BCUT2D eigenvalue weighted by molar-refractivity contribution is -0.138. The second-order valence-corrected chi connectivity index (χ2v) is 5.53. The molecule has 1 rings (SSSR count). The fraction of sp³-hybridized carbons (Fsp3) is 0.600. The van der Waals surface area contributed by atoms with E-state index in [-0.39, 0.29) is 24.2 Å². The Bertz CT molecular complexity index is 450. The Hall–Kier alpha value is -1.82. The van der Waals surface area contributed by atoms with Crippen molar-refractivity contribution in [3.8, 4) is 0 Å². The topological polar surface area (TPSA) is 97.5 Å². The molecule has 0 saturated heterocycles. The summed E-state index contributed by atoms with van der Waals surface area (Å²) in [7, 11) is 0. The highest BCUT2D eigenvalue weighted by molar-refractivity contribution is 6.39. The zero-order chi connectivity index (χ0) is 16.0. The molecule has 1 heterocycles. The largest absolute Gasteiger partial charge is 0.321 e. The van der Waals surface area contributed by atoms with E-state index in [2.05, 4.69) is 0 Å². The van der Waals surface area contributed by atoms with Crippen LogP contribution in [0.1, 0.15) is 39.5 Å². The van der Waals surface area contributed by atoms with Crippen LogP contribution in [0, 0.1) is 5.92 Å². The Morgan fingerprint density at radius 1 is 1.10 bits per heavy atom. The first-order valence-electron chi connectivity index (χ1n) is 7.20. The van der Waals surface area contributed by atoms with Gasteiger partial charge < -0.3 is 5.73 Å². The fourth-order valence-electron chi connectivity index (χ4n) is 2.00. The molecule has 0 aromatic carbocycles. The van der Waals surface area contributed by atoms with E-state index in [1.54, 1.807) is 13.8 Å².